The van der Waals surface area contributed by atoms with Crippen molar-refractivity contribution in [2.75, 3.05) is 24.7 Å². The number of rotatable bonds is 7. The lowest BCUT2D eigenvalue weighted by Crippen LogP contribution is -2.33. The molecule has 0 fully saturated rings. The van der Waals surface area contributed by atoms with Gasteiger partial charge in [-0.25, -0.2) is 8.42 Å². The number of hydrogen-bond acceptors (Lipinski definition) is 3. The van der Waals surface area contributed by atoms with Gasteiger partial charge in [0.2, 0.25) is 15.9 Å². The van der Waals surface area contributed by atoms with Crippen LogP contribution in [0.1, 0.15) is 12.0 Å². The summed E-state index contributed by atoms with van der Waals surface area (Å²) in [6, 6.07) is 5.48. The molecule has 0 aliphatic heterocycles. The molecule has 0 saturated heterocycles. The standard InChI is InChI=1S/C14H19BrN2O3S/c1-4-8-17(21(3,19)20)9-7-14(18)16-12-5-6-13(15)11(2)10-12/h4-6,10H,1,7-9H2,2-3H3,(H,16,18). The van der Waals surface area contributed by atoms with E-state index in [9.17, 15) is 13.2 Å². The summed E-state index contributed by atoms with van der Waals surface area (Å²) in [5.74, 6) is -0.227. The molecule has 0 aliphatic carbocycles. The Hall–Kier alpha value is -1.18. The summed E-state index contributed by atoms with van der Waals surface area (Å²) in [7, 11) is -3.33. The van der Waals surface area contributed by atoms with E-state index in [0.29, 0.717) is 5.69 Å². The first-order valence-corrected chi connectivity index (χ1v) is 9.00. The van der Waals surface area contributed by atoms with Crippen molar-refractivity contribution in [3.05, 3.63) is 40.9 Å². The number of nitrogens with one attached hydrogen (secondary N) is 1. The van der Waals surface area contributed by atoms with Crippen molar-refractivity contribution in [3.8, 4) is 0 Å². The third kappa shape index (κ3) is 5.99. The topological polar surface area (TPSA) is 66.5 Å². The summed E-state index contributed by atoms with van der Waals surface area (Å²) in [6.45, 7) is 5.77. The van der Waals surface area contributed by atoms with E-state index < -0.39 is 10.0 Å². The van der Waals surface area contributed by atoms with Gasteiger partial charge in [0.15, 0.2) is 0 Å². The van der Waals surface area contributed by atoms with Crippen LogP contribution in [0.4, 0.5) is 5.69 Å². The average Bonchev–Trinajstić information content (AvgIpc) is 2.37. The summed E-state index contributed by atoms with van der Waals surface area (Å²) >= 11 is 3.39. The van der Waals surface area contributed by atoms with Gasteiger partial charge in [-0.2, -0.15) is 4.31 Å². The highest BCUT2D eigenvalue weighted by Gasteiger charge is 2.16. The van der Waals surface area contributed by atoms with Crippen molar-refractivity contribution in [3.63, 3.8) is 0 Å². The maximum atomic E-state index is 11.9. The fraction of sp³-hybridized carbons (Fsp3) is 0.357. The Morgan fingerprint density at radius 1 is 1.48 bits per heavy atom. The summed E-state index contributed by atoms with van der Waals surface area (Å²) in [5.41, 5.74) is 1.70. The highest BCUT2D eigenvalue weighted by Crippen LogP contribution is 2.20. The molecule has 0 radical (unpaired) electrons. The average molecular weight is 375 g/mol. The molecule has 0 aromatic heterocycles. The summed E-state index contributed by atoms with van der Waals surface area (Å²) in [5, 5.41) is 2.75. The fourth-order valence-corrected chi connectivity index (χ4v) is 2.75. The maximum absolute atomic E-state index is 11.9. The van der Waals surface area contributed by atoms with Gasteiger partial charge in [0.1, 0.15) is 0 Å². The first-order valence-electron chi connectivity index (χ1n) is 6.36. The van der Waals surface area contributed by atoms with Gasteiger partial charge in [-0.05, 0) is 30.7 Å². The van der Waals surface area contributed by atoms with E-state index in [2.05, 4.69) is 27.8 Å². The van der Waals surface area contributed by atoms with Crippen molar-refractivity contribution in [1.29, 1.82) is 0 Å². The van der Waals surface area contributed by atoms with Crippen LogP contribution in [0.3, 0.4) is 0 Å². The number of nitrogens with zero attached hydrogens (tertiary/aromatic N) is 1. The number of halogens is 1. The van der Waals surface area contributed by atoms with Crippen LogP contribution >= 0.6 is 15.9 Å². The van der Waals surface area contributed by atoms with Gasteiger partial charge in [-0.1, -0.05) is 22.0 Å². The minimum Gasteiger partial charge on any atom is -0.326 e. The van der Waals surface area contributed by atoms with Gasteiger partial charge in [-0.15, -0.1) is 6.58 Å². The van der Waals surface area contributed by atoms with Crippen LogP contribution < -0.4 is 5.32 Å². The minimum atomic E-state index is -3.33. The fourth-order valence-electron chi connectivity index (χ4n) is 1.71. The van der Waals surface area contributed by atoms with Crippen molar-refractivity contribution in [2.24, 2.45) is 0 Å². The van der Waals surface area contributed by atoms with E-state index in [0.717, 1.165) is 16.3 Å². The summed E-state index contributed by atoms with van der Waals surface area (Å²) in [4.78, 5) is 11.9. The third-order valence-electron chi connectivity index (χ3n) is 2.83. The zero-order chi connectivity index (χ0) is 16.0. The largest absolute Gasteiger partial charge is 0.326 e. The molecule has 116 valence electrons. The Bertz CT molecular complexity index is 629. The molecule has 21 heavy (non-hydrogen) atoms. The molecule has 0 unspecified atom stereocenters. The Kier molecular flexibility index (Phi) is 6.57. The maximum Gasteiger partial charge on any atom is 0.225 e. The predicted molar refractivity (Wildman–Crippen MR) is 88.7 cm³/mol. The molecule has 0 saturated carbocycles. The summed E-state index contributed by atoms with van der Waals surface area (Å²) in [6.07, 6.45) is 2.71. The molecule has 0 heterocycles. The number of hydrogen-bond donors (Lipinski definition) is 1. The number of carbonyl (C=O) groups is 1. The quantitative estimate of drug-likeness (QED) is 0.745. The number of anilines is 1. The normalized spacial score (nSPS) is 11.4. The van der Waals surface area contributed by atoms with Crippen LogP contribution in [0.2, 0.25) is 0 Å². The van der Waals surface area contributed by atoms with E-state index in [1.165, 1.54) is 10.4 Å². The molecular weight excluding hydrogens is 356 g/mol. The number of sulfonamides is 1. The molecule has 0 atom stereocenters. The molecule has 7 heteroatoms. The Labute approximate surface area is 134 Å². The van der Waals surface area contributed by atoms with Crippen LogP contribution in [0.15, 0.2) is 35.3 Å². The highest BCUT2D eigenvalue weighted by molar-refractivity contribution is 9.10. The number of benzene rings is 1. The number of carbonyl (C=O) groups excluding carboxylic acids is 1. The first kappa shape index (κ1) is 17.9. The molecule has 1 rings (SSSR count). The Balaban J connectivity index is 2.60. The molecule has 1 aromatic carbocycles. The molecule has 0 spiro atoms. The van der Waals surface area contributed by atoms with Crippen LogP contribution in [0, 0.1) is 6.92 Å². The zero-order valence-corrected chi connectivity index (χ0v) is 14.5. The molecule has 0 aliphatic rings. The molecule has 5 nitrogen and oxygen atoms in total. The molecule has 1 N–H and O–H groups in total. The third-order valence-corrected chi connectivity index (χ3v) is 4.99. The molecule has 0 bridgehead atoms. The molecular formula is C14H19BrN2O3S. The van der Waals surface area contributed by atoms with Gasteiger partial charge in [-0.3, -0.25) is 4.79 Å². The van der Waals surface area contributed by atoms with Gasteiger partial charge in [0, 0.05) is 29.7 Å². The lowest BCUT2D eigenvalue weighted by atomic mass is 10.2. The lowest BCUT2D eigenvalue weighted by Gasteiger charge is -2.17. The van der Waals surface area contributed by atoms with Crippen LogP contribution in [0.5, 0.6) is 0 Å². The van der Waals surface area contributed by atoms with E-state index in [4.69, 9.17) is 0 Å². The minimum absolute atomic E-state index is 0.0933. The van der Waals surface area contributed by atoms with E-state index >= 15 is 0 Å². The lowest BCUT2D eigenvalue weighted by molar-refractivity contribution is -0.116. The smallest absolute Gasteiger partial charge is 0.225 e. The second kappa shape index (κ2) is 7.72. The summed E-state index contributed by atoms with van der Waals surface area (Å²) < 4.78 is 25.2. The SMILES string of the molecule is C=CCN(CCC(=O)Nc1ccc(Br)c(C)c1)S(C)(=O)=O. The number of amides is 1. The second-order valence-corrected chi connectivity index (χ2v) is 7.51. The predicted octanol–water partition coefficient (Wildman–Crippen LogP) is 2.53. The Morgan fingerprint density at radius 3 is 2.67 bits per heavy atom. The Morgan fingerprint density at radius 2 is 2.14 bits per heavy atom. The van der Waals surface area contributed by atoms with Crippen LogP contribution in [0.25, 0.3) is 0 Å². The highest BCUT2D eigenvalue weighted by atomic mass is 79.9. The van der Waals surface area contributed by atoms with Crippen molar-refractivity contribution in [2.45, 2.75) is 13.3 Å². The van der Waals surface area contributed by atoms with E-state index in [1.54, 1.807) is 6.07 Å². The van der Waals surface area contributed by atoms with Crippen molar-refractivity contribution in [1.82, 2.24) is 4.31 Å². The first-order chi connectivity index (χ1) is 9.74. The van der Waals surface area contributed by atoms with Crippen LogP contribution in [-0.4, -0.2) is 38.0 Å². The van der Waals surface area contributed by atoms with Gasteiger partial charge in [0.05, 0.1) is 6.26 Å². The van der Waals surface area contributed by atoms with E-state index in [1.807, 2.05) is 19.1 Å². The monoisotopic (exact) mass is 374 g/mol. The van der Waals surface area contributed by atoms with E-state index in [-0.39, 0.29) is 25.4 Å². The van der Waals surface area contributed by atoms with Gasteiger partial charge in [0.25, 0.3) is 0 Å². The van der Waals surface area contributed by atoms with Crippen molar-refractivity contribution >= 4 is 37.5 Å². The van der Waals surface area contributed by atoms with Gasteiger partial charge >= 0.3 is 0 Å². The molecule has 1 aromatic rings. The van der Waals surface area contributed by atoms with Crippen LogP contribution in [-0.2, 0) is 14.8 Å². The van der Waals surface area contributed by atoms with Crippen molar-refractivity contribution < 1.29 is 13.2 Å². The number of aryl methyl sites for hydroxylation is 1. The second-order valence-electron chi connectivity index (χ2n) is 4.67. The molecule has 1 amide bonds. The van der Waals surface area contributed by atoms with Gasteiger partial charge < -0.3 is 5.32 Å². The zero-order valence-electron chi connectivity index (χ0n) is 12.1.